The van der Waals surface area contributed by atoms with E-state index >= 15 is 0 Å². The number of nitrogens with two attached hydrogens (primary N) is 3. The van der Waals surface area contributed by atoms with Gasteiger partial charge in [0.25, 0.3) is 11.1 Å². The van der Waals surface area contributed by atoms with Crippen LogP contribution in [0.4, 0.5) is 22.5 Å². The predicted molar refractivity (Wildman–Crippen MR) is 300 cm³/mol. The number of methoxy groups -OCH3 is 3. The number of hydrogen-bond acceptors (Lipinski definition) is 34. The second-order valence-corrected chi connectivity index (χ2v) is 26.6. The number of urea groups is 1. The zero-order valence-corrected chi connectivity index (χ0v) is 52.1. The molecule has 6 aromatic rings. The lowest BCUT2D eigenvalue weighted by Gasteiger charge is -2.30. The molecule has 49 heteroatoms. The Bertz CT molecular complexity index is 4230. The van der Waals surface area contributed by atoms with Gasteiger partial charge in [-0.15, -0.1) is 0 Å². The van der Waals surface area contributed by atoms with E-state index in [0.29, 0.717) is 0 Å². The van der Waals surface area contributed by atoms with Crippen LogP contribution in [0.15, 0.2) is 34.9 Å². The van der Waals surface area contributed by atoms with Gasteiger partial charge in [0.2, 0.25) is 24.2 Å². The average Bonchev–Trinajstić information content (AvgIpc) is 1.64. The number of carbonyl (C=O) groups is 2. The molecule has 0 aliphatic carbocycles. The second-order valence-electron chi connectivity index (χ2n) is 21.0. The summed E-state index contributed by atoms with van der Waals surface area (Å²) in [5.41, 5.74) is 15.8. The monoisotopic (exact) mass is 1400 g/mol. The lowest BCUT2D eigenvalue weighted by molar-refractivity contribution is -0.537. The third kappa shape index (κ3) is 13.0. The van der Waals surface area contributed by atoms with Gasteiger partial charge in [0.05, 0.1) is 51.5 Å². The highest BCUT2D eigenvalue weighted by Crippen LogP contribution is 2.56. The van der Waals surface area contributed by atoms with Gasteiger partial charge in [0.1, 0.15) is 79.1 Å². The molecule has 4 saturated heterocycles. The van der Waals surface area contributed by atoms with Crippen molar-refractivity contribution in [3.63, 3.8) is 0 Å². The van der Waals surface area contributed by atoms with Crippen molar-refractivity contribution < 1.29 is 126 Å². The van der Waals surface area contributed by atoms with Gasteiger partial charge in [0, 0.05) is 21.3 Å². The van der Waals surface area contributed by atoms with Crippen LogP contribution in [0.1, 0.15) is 32.5 Å². The fourth-order valence-electron chi connectivity index (χ4n) is 11.4. The summed E-state index contributed by atoms with van der Waals surface area (Å²) in [5.74, 6) is -1.87. The number of ether oxygens (including phenoxy) is 8. The SMILES string of the molecule is CCOP(=O)(O)OC1C(OC)[C@H](n2cnc3c(=O)[nH]c(N)nc32)O[C@@H]1COP(=O)(O)OC1C(OC)[C@H]2O[C@@H]1COP(=O)(O)OC1C(OC3C=[N+]2C(=O)NC3=O)[C@H](n2cnc3c(N)ncnc32)O[C@@H]1COP(=O)(O)OC1C(OC)[C@H](n2cnc3c(=O)[nH]c(N)nc32)O[C@@H]1C. The first-order valence-corrected chi connectivity index (χ1v) is 33.4. The molecular weight excluding hydrogens is 1340 g/mol. The largest absolute Gasteiger partial charge is 0.500 e. The number of amides is 3. The molecule has 6 aromatic heterocycles. The quantitative estimate of drug-likeness (QED) is 0.0278. The van der Waals surface area contributed by atoms with Gasteiger partial charge in [-0.05, 0) is 13.8 Å². The summed E-state index contributed by atoms with van der Waals surface area (Å²) in [4.78, 5) is 132. The summed E-state index contributed by atoms with van der Waals surface area (Å²) in [6.07, 6.45) is -22.4. The standard InChI is InChI=1S/C44H57N17O28P4/c1-6-77-90(66,67)87-25-18(84-40(29(25)76-5)61-14-52-22-34(61)54-43(47)56-37(22)64)9-79-92(70,71)88-24-17-8-80-93(72,73)89-26-19(10-78-91(68,69)86-23-15(2)81-39(27(23)74-3)60-13-51-21-33(60)53-42(46)55-36(21)63)85-41(59-12-50-20-31(45)48-11-49-32(20)59)30(26)82-16-7-58(44(65)57-35(16)62)38(83-17)28(24)75-4/h7,11-19,23-30,38-41H,6,8-10H2,1-5H3,(H12-,45,46,47,48,49,53,54,55,56,57,62,63,64,65,66,67,68,69,70,71,72,73)/p+1/t15-,16?,17-,18-,19-,23?,24?,25?,26?,27?,28?,29?,30?,38-,39-,40-,41-/m1/s1. The normalized spacial score (nSPS) is 34.4. The fourth-order valence-corrected chi connectivity index (χ4v) is 15.2. The molecule has 0 aromatic carbocycles. The van der Waals surface area contributed by atoms with Crippen LogP contribution in [0.3, 0.4) is 0 Å². The van der Waals surface area contributed by atoms with Crippen molar-refractivity contribution in [1.82, 2.24) is 63.9 Å². The van der Waals surface area contributed by atoms with E-state index in [1.54, 1.807) is 0 Å². The first kappa shape index (κ1) is 66.6. The average molecular weight is 1400 g/mol. The molecule has 0 radical (unpaired) electrons. The summed E-state index contributed by atoms with van der Waals surface area (Å²) in [5, 5.41) is 2.10. The van der Waals surface area contributed by atoms with E-state index in [9.17, 15) is 57.0 Å². The molecule has 13 N–H and O–H groups in total. The van der Waals surface area contributed by atoms with E-state index in [4.69, 9.17) is 91.3 Å². The van der Waals surface area contributed by atoms with Gasteiger partial charge in [-0.1, -0.05) is 0 Å². The van der Waals surface area contributed by atoms with Crippen molar-refractivity contribution in [2.75, 3.05) is 65.0 Å². The number of carbonyl (C=O) groups excluding carboxylic acids is 2. The maximum atomic E-state index is 14.5. The van der Waals surface area contributed by atoms with Gasteiger partial charge in [0.15, 0.2) is 58.6 Å². The molecule has 13 unspecified atom stereocenters. The van der Waals surface area contributed by atoms with Crippen molar-refractivity contribution in [1.29, 1.82) is 0 Å². The minimum absolute atomic E-state index is 0.00511. The highest BCUT2D eigenvalue weighted by atomic mass is 31.2. The summed E-state index contributed by atoms with van der Waals surface area (Å²) < 4.78 is 153. The lowest BCUT2D eigenvalue weighted by Crippen LogP contribution is -2.58. The minimum atomic E-state index is -5.68. The summed E-state index contributed by atoms with van der Waals surface area (Å²) in [6.45, 7) is -0.738. The number of nitrogen functional groups attached to an aromatic ring is 3. The number of nitrogens with zero attached hydrogens (tertiary/aromatic N) is 11. The number of hydrogen-bond donors (Lipinski definition) is 10. The van der Waals surface area contributed by atoms with Gasteiger partial charge < -0.3 is 74.7 Å². The maximum Gasteiger partial charge on any atom is 0.500 e. The number of rotatable bonds is 20. The number of phosphoric acid groups is 4. The van der Waals surface area contributed by atoms with E-state index in [1.165, 1.54) is 41.0 Å². The Morgan fingerprint density at radius 1 is 0.656 bits per heavy atom. The third-order valence-corrected chi connectivity index (χ3v) is 19.4. The van der Waals surface area contributed by atoms with Crippen molar-refractivity contribution >= 4 is 101 Å². The molecule has 12 rings (SSSR count). The molecule has 0 saturated carbocycles. The van der Waals surface area contributed by atoms with E-state index in [-0.39, 0.29) is 57.8 Å². The van der Waals surface area contributed by atoms with Crippen molar-refractivity contribution in [3.8, 4) is 0 Å². The van der Waals surface area contributed by atoms with E-state index < -0.39 is 178 Å². The van der Waals surface area contributed by atoms with Crippen LogP contribution >= 0.6 is 31.3 Å². The lowest BCUT2D eigenvalue weighted by atomic mass is 10.1. The Labute approximate surface area is 518 Å². The number of aromatic nitrogens is 12. The first-order chi connectivity index (χ1) is 44.1. The highest BCUT2D eigenvalue weighted by Gasteiger charge is 2.60. The molecule has 45 nitrogen and oxygen atoms in total. The van der Waals surface area contributed by atoms with Crippen LogP contribution < -0.4 is 33.6 Å². The van der Waals surface area contributed by atoms with E-state index in [1.807, 2.05) is 0 Å². The Morgan fingerprint density at radius 2 is 1.19 bits per heavy atom. The number of nitrogens with one attached hydrogen (secondary N) is 3. The summed E-state index contributed by atoms with van der Waals surface area (Å²) in [6, 6.07) is -1.20. The fraction of sp³-hybridized carbons (Fsp3) is 0.591. The smallest absolute Gasteiger partial charge is 0.382 e. The molecule has 21 atom stereocenters. The van der Waals surface area contributed by atoms with Gasteiger partial charge in [-0.2, -0.15) is 24.7 Å². The van der Waals surface area contributed by atoms with Crippen LogP contribution in [-0.4, -0.2) is 234 Å². The zero-order valence-electron chi connectivity index (χ0n) is 48.6. The third-order valence-electron chi connectivity index (χ3n) is 15.3. The summed E-state index contributed by atoms with van der Waals surface area (Å²) in [7, 11) is -18.2. The molecule has 6 aliphatic rings. The van der Waals surface area contributed by atoms with Crippen LogP contribution in [-0.2, 0) is 97.1 Å². The van der Waals surface area contributed by atoms with Gasteiger partial charge >= 0.3 is 43.2 Å². The second kappa shape index (κ2) is 25.6. The van der Waals surface area contributed by atoms with Gasteiger partial charge in [-0.3, -0.25) is 69.4 Å². The topological polar surface area (TPSA) is 595 Å². The highest BCUT2D eigenvalue weighted by molar-refractivity contribution is 7.48. The summed E-state index contributed by atoms with van der Waals surface area (Å²) >= 11 is 0. The molecule has 0 spiro atoms. The number of imidazole rings is 3. The number of aromatic amines is 2. The van der Waals surface area contributed by atoms with Crippen molar-refractivity contribution in [3.05, 3.63) is 46.0 Å². The molecular formula is C44H58N17O28P4+. The van der Waals surface area contributed by atoms with Crippen molar-refractivity contribution in [2.45, 2.75) is 118 Å². The molecule has 93 heavy (non-hydrogen) atoms. The predicted octanol–water partition coefficient (Wildman–Crippen LogP) is -2.55. The van der Waals surface area contributed by atoms with E-state index in [2.05, 4.69) is 50.2 Å². The Balaban J connectivity index is 0.824. The minimum Gasteiger partial charge on any atom is -0.382 e. The number of phosphoric ester groups is 4. The number of H-pyrrole nitrogens is 2. The number of fused-ring (bicyclic) bond motifs is 8. The zero-order chi connectivity index (χ0) is 66.4. The van der Waals surface area contributed by atoms with Crippen molar-refractivity contribution in [2.24, 2.45) is 0 Å². The molecule has 4 bridgehead atoms. The van der Waals surface area contributed by atoms with Crippen LogP contribution in [0.2, 0.25) is 0 Å². The molecule has 12 heterocycles. The van der Waals surface area contributed by atoms with E-state index in [0.717, 1.165) is 44.0 Å². The Morgan fingerprint density at radius 3 is 1.81 bits per heavy atom. The molecule has 3 amide bonds. The van der Waals surface area contributed by atoms with Crippen LogP contribution in [0, 0.1) is 0 Å². The van der Waals surface area contributed by atoms with Crippen LogP contribution in [0.25, 0.3) is 33.5 Å². The first-order valence-electron chi connectivity index (χ1n) is 27.5. The maximum absolute atomic E-state index is 14.5. The molecule has 6 aliphatic heterocycles. The Kier molecular flexibility index (Phi) is 18.3. The Hall–Kier alpha value is -6.42. The number of anilines is 3. The number of imide groups is 1. The molecule has 506 valence electrons. The molecule has 4 fully saturated rings. The van der Waals surface area contributed by atoms with Crippen LogP contribution in [0.5, 0.6) is 0 Å². The van der Waals surface area contributed by atoms with Gasteiger partial charge in [-0.25, -0.2) is 48.0 Å².